The molecule has 1 fully saturated rings. The zero-order valence-corrected chi connectivity index (χ0v) is 16.1. The van der Waals surface area contributed by atoms with Crippen LogP contribution < -0.4 is 0 Å². The number of alkyl halides is 3. The molecule has 3 unspecified atom stereocenters. The Kier molecular flexibility index (Phi) is 7.99. The molecule has 0 bridgehead atoms. The molecule has 1 heterocycles. The highest BCUT2D eigenvalue weighted by molar-refractivity contribution is 9.12. The molecule has 1 aliphatic rings. The zero-order valence-electron chi connectivity index (χ0n) is 9.80. The highest BCUT2D eigenvalue weighted by Gasteiger charge is 2.36. The number of carbonyl (C=O) groups excluding carboxylic acids is 1. The standard InChI is InChI=1S/C11H14Br4O3/c1-6(13)10-8(4-18-11(10)16)9(15)5-17-3-7(14)2-12/h7-9H,2-5H2,1H3/b10-6-. The van der Waals surface area contributed by atoms with E-state index in [4.69, 9.17) is 9.47 Å². The second-order valence-corrected chi connectivity index (χ2v) is 8.27. The molecular weight excluding hydrogens is 500 g/mol. The normalized spacial score (nSPS) is 25.8. The maximum Gasteiger partial charge on any atom is 0.335 e. The van der Waals surface area contributed by atoms with Crippen molar-refractivity contribution >= 4 is 69.7 Å². The monoisotopic (exact) mass is 510 g/mol. The fraction of sp³-hybridized carbons (Fsp3) is 0.727. The molecule has 1 saturated heterocycles. The SMILES string of the molecule is C/C(Br)=C1/C(=O)OCC1C(Br)COCC(Br)CBr. The molecule has 1 aliphatic heterocycles. The molecule has 0 spiro atoms. The van der Waals surface area contributed by atoms with E-state index in [0.717, 1.165) is 9.81 Å². The van der Waals surface area contributed by atoms with Gasteiger partial charge in [-0.2, -0.15) is 0 Å². The summed E-state index contributed by atoms with van der Waals surface area (Å²) >= 11 is 13.8. The Bertz CT molecular complexity index is 328. The Hall–Kier alpha value is 1.09. The van der Waals surface area contributed by atoms with Crippen LogP contribution in [0.4, 0.5) is 0 Å². The van der Waals surface area contributed by atoms with E-state index < -0.39 is 0 Å². The summed E-state index contributed by atoms with van der Waals surface area (Å²) in [6.07, 6.45) is 0. The van der Waals surface area contributed by atoms with E-state index >= 15 is 0 Å². The van der Waals surface area contributed by atoms with Crippen molar-refractivity contribution in [3.8, 4) is 0 Å². The molecule has 7 heteroatoms. The van der Waals surface area contributed by atoms with Gasteiger partial charge in [0.1, 0.15) is 0 Å². The molecule has 0 N–H and O–H groups in total. The number of halogens is 4. The summed E-state index contributed by atoms with van der Waals surface area (Å²) in [6, 6.07) is 0. The van der Waals surface area contributed by atoms with Crippen LogP contribution in [0.15, 0.2) is 10.1 Å². The van der Waals surface area contributed by atoms with Gasteiger partial charge in [-0.1, -0.05) is 63.7 Å². The lowest BCUT2D eigenvalue weighted by Crippen LogP contribution is -2.24. The van der Waals surface area contributed by atoms with Gasteiger partial charge in [-0.25, -0.2) is 4.79 Å². The largest absolute Gasteiger partial charge is 0.462 e. The molecule has 0 aromatic rings. The molecule has 0 aromatic heterocycles. The number of rotatable bonds is 6. The minimum Gasteiger partial charge on any atom is -0.462 e. The third-order valence-corrected chi connectivity index (χ3v) is 6.10. The number of hydrogen-bond donors (Lipinski definition) is 0. The number of carbonyl (C=O) groups is 1. The Labute approximate surface area is 141 Å². The van der Waals surface area contributed by atoms with Crippen LogP contribution in [0.2, 0.25) is 0 Å². The predicted octanol–water partition coefficient (Wildman–Crippen LogP) is 3.77. The summed E-state index contributed by atoms with van der Waals surface area (Å²) < 4.78 is 11.5. The first-order valence-corrected chi connectivity index (χ1v) is 9.17. The van der Waals surface area contributed by atoms with Gasteiger partial charge in [0.25, 0.3) is 0 Å². The average Bonchev–Trinajstić information content (AvgIpc) is 2.70. The van der Waals surface area contributed by atoms with Crippen LogP contribution in [0.5, 0.6) is 0 Å². The molecule has 0 aliphatic carbocycles. The Balaban J connectivity index is 2.49. The van der Waals surface area contributed by atoms with Gasteiger partial charge in [0.15, 0.2) is 0 Å². The average molecular weight is 514 g/mol. The van der Waals surface area contributed by atoms with Crippen LogP contribution in [-0.4, -0.2) is 40.8 Å². The highest BCUT2D eigenvalue weighted by Crippen LogP contribution is 2.33. The fourth-order valence-corrected chi connectivity index (χ4v) is 3.06. The number of hydrogen-bond acceptors (Lipinski definition) is 3. The van der Waals surface area contributed by atoms with E-state index in [2.05, 4.69) is 63.7 Å². The molecule has 0 aromatic carbocycles. The third-order valence-electron chi connectivity index (χ3n) is 2.54. The van der Waals surface area contributed by atoms with Gasteiger partial charge in [0, 0.05) is 25.4 Å². The maximum atomic E-state index is 11.6. The van der Waals surface area contributed by atoms with Crippen LogP contribution in [0.25, 0.3) is 0 Å². The molecule has 18 heavy (non-hydrogen) atoms. The second-order valence-electron chi connectivity index (χ2n) is 3.96. The smallest absolute Gasteiger partial charge is 0.335 e. The van der Waals surface area contributed by atoms with Crippen molar-refractivity contribution in [2.45, 2.75) is 16.6 Å². The summed E-state index contributed by atoms with van der Waals surface area (Å²) in [5.74, 6) is -0.202. The second kappa shape index (κ2) is 8.39. The van der Waals surface area contributed by atoms with Crippen LogP contribution in [-0.2, 0) is 14.3 Å². The summed E-state index contributed by atoms with van der Waals surface area (Å²) in [6.45, 7) is 3.43. The van der Waals surface area contributed by atoms with Gasteiger partial charge in [0.05, 0.1) is 25.4 Å². The van der Waals surface area contributed by atoms with Gasteiger partial charge < -0.3 is 9.47 Å². The predicted molar refractivity (Wildman–Crippen MR) is 86.1 cm³/mol. The van der Waals surface area contributed by atoms with Gasteiger partial charge in [-0.3, -0.25) is 0 Å². The van der Waals surface area contributed by atoms with Crippen LogP contribution >= 0.6 is 63.7 Å². The molecular formula is C11H14Br4O3. The first-order chi connectivity index (χ1) is 8.47. The Morgan fingerprint density at radius 2 is 2.17 bits per heavy atom. The van der Waals surface area contributed by atoms with E-state index in [-0.39, 0.29) is 16.7 Å². The van der Waals surface area contributed by atoms with Crippen LogP contribution in [0, 0.1) is 5.92 Å². The molecule has 3 atom stereocenters. The summed E-state index contributed by atoms with van der Waals surface area (Å²) in [7, 11) is 0. The number of ether oxygens (including phenoxy) is 2. The lowest BCUT2D eigenvalue weighted by molar-refractivity contribution is -0.135. The Morgan fingerprint density at radius 3 is 2.72 bits per heavy atom. The number of allylic oxidation sites excluding steroid dienone is 1. The minimum atomic E-state index is -0.238. The summed E-state index contributed by atoms with van der Waals surface area (Å²) in [5.41, 5.74) is 0.705. The van der Waals surface area contributed by atoms with E-state index in [1.807, 2.05) is 6.92 Å². The summed E-state index contributed by atoms with van der Waals surface area (Å²) in [4.78, 5) is 11.9. The molecule has 0 radical (unpaired) electrons. The van der Waals surface area contributed by atoms with Crippen LogP contribution in [0.1, 0.15) is 6.92 Å². The van der Waals surface area contributed by atoms with Crippen molar-refractivity contribution in [1.82, 2.24) is 0 Å². The van der Waals surface area contributed by atoms with Crippen molar-refractivity contribution in [1.29, 1.82) is 0 Å². The van der Waals surface area contributed by atoms with Crippen molar-refractivity contribution in [3.05, 3.63) is 10.1 Å². The lowest BCUT2D eigenvalue weighted by atomic mass is 9.99. The lowest BCUT2D eigenvalue weighted by Gasteiger charge is -2.17. The molecule has 1 rings (SSSR count). The van der Waals surface area contributed by atoms with Gasteiger partial charge >= 0.3 is 5.97 Å². The van der Waals surface area contributed by atoms with Crippen molar-refractivity contribution < 1.29 is 14.3 Å². The quantitative estimate of drug-likeness (QED) is 0.308. The first-order valence-electron chi connectivity index (χ1n) is 5.42. The first kappa shape index (κ1) is 17.1. The Morgan fingerprint density at radius 1 is 1.50 bits per heavy atom. The maximum absolute atomic E-state index is 11.6. The molecule has 104 valence electrons. The molecule has 3 nitrogen and oxygen atoms in total. The topological polar surface area (TPSA) is 35.5 Å². The van der Waals surface area contributed by atoms with E-state index in [1.165, 1.54) is 0 Å². The van der Waals surface area contributed by atoms with Crippen molar-refractivity contribution in [2.24, 2.45) is 5.92 Å². The third kappa shape index (κ3) is 4.89. The molecule has 0 saturated carbocycles. The van der Waals surface area contributed by atoms with Gasteiger partial charge in [-0.05, 0) is 6.92 Å². The van der Waals surface area contributed by atoms with E-state index in [9.17, 15) is 4.79 Å². The van der Waals surface area contributed by atoms with Crippen molar-refractivity contribution in [2.75, 3.05) is 25.2 Å². The van der Waals surface area contributed by atoms with Gasteiger partial charge in [0.2, 0.25) is 0 Å². The van der Waals surface area contributed by atoms with E-state index in [0.29, 0.717) is 30.2 Å². The zero-order chi connectivity index (χ0) is 13.7. The summed E-state index contributed by atoms with van der Waals surface area (Å²) in [5, 5.41) is 0.844. The minimum absolute atomic E-state index is 0.0367. The highest BCUT2D eigenvalue weighted by atomic mass is 79.9. The molecule has 0 amide bonds. The van der Waals surface area contributed by atoms with Crippen molar-refractivity contribution in [3.63, 3.8) is 0 Å². The fourth-order valence-electron chi connectivity index (χ4n) is 1.63. The van der Waals surface area contributed by atoms with E-state index in [1.54, 1.807) is 0 Å². The number of cyclic esters (lactones) is 1. The van der Waals surface area contributed by atoms with Gasteiger partial charge in [-0.15, -0.1) is 0 Å². The van der Waals surface area contributed by atoms with Crippen LogP contribution in [0.3, 0.4) is 0 Å². The number of esters is 1.